The van der Waals surface area contributed by atoms with Gasteiger partial charge in [-0.15, -0.1) is 0 Å². The number of fused-ring (bicyclic) bond motifs is 7. The van der Waals surface area contributed by atoms with E-state index in [9.17, 15) is 27.6 Å². The van der Waals surface area contributed by atoms with Crippen LogP contribution in [0.5, 0.6) is 0 Å². The second-order valence-corrected chi connectivity index (χ2v) is 9.74. The van der Waals surface area contributed by atoms with Crippen LogP contribution in [-0.2, 0) is 26.1 Å². The van der Waals surface area contributed by atoms with Crippen molar-refractivity contribution in [1.82, 2.24) is 4.90 Å². The van der Waals surface area contributed by atoms with E-state index < -0.39 is 58.6 Å². The lowest BCUT2D eigenvalue weighted by Crippen LogP contribution is -2.54. The van der Waals surface area contributed by atoms with Crippen LogP contribution in [0.3, 0.4) is 0 Å². The van der Waals surface area contributed by atoms with Gasteiger partial charge in [0, 0.05) is 22.3 Å². The van der Waals surface area contributed by atoms with Crippen molar-refractivity contribution in [2.24, 2.45) is 11.8 Å². The quantitative estimate of drug-likeness (QED) is 0.612. The average Bonchev–Trinajstić information content (AvgIpc) is 3.46. The van der Waals surface area contributed by atoms with Crippen molar-refractivity contribution >= 4 is 40.7 Å². The maximum Gasteiger partial charge on any atom is 0.418 e. The number of nitrogens with one attached hydrogen (secondary N) is 1. The maximum absolute atomic E-state index is 13.9. The van der Waals surface area contributed by atoms with Gasteiger partial charge < -0.3 is 5.32 Å². The summed E-state index contributed by atoms with van der Waals surface area (Å²) in [4.78, 5) is 43.8. The first kappa shape index (κ1) is 21.6. The predicted molar refractivity (Wildman–Crippen MR) is 117 cm³/mol. The number of halogens is 4. The molecule has 0 radical (unpaired) electrons. The lowest BCUT2D eigenvalue weighted by Gasteiger charge is -2.37. The standard InChI is InChI=1S/C24H19ClF3N3O3/c1-11-9-12(25)10-14-19(11)29-22(34)23(14)18-17(16-7-4-8-30(16)23)20(32)31(21(18)33)15-6-3-2-5-13(15)24(26,27)28/h2-3,5-6,9-10,16-18H,4,7-8H2,1H3,(H,29,34)/t16-,17-,18-,23-/m0/s1. The van der Waals surface area contributed by atoms with Gasteiger partial charge in [-0.2, -0.15) is 13.2 Å². The Morgan fingerprint density at radius 1 is 1.12 bits per heavy atom. The number of imide groups is 1. The average molecular weight is 490 g/mol. The van der Waals surface area contributed by atoms with Crippen LogP contribution in [0.1, 0.15) is 29.5 Å². The van der Waals surface area contributed by atoms with Gasteiger partial charge in [-0.3, -0.25) is 19.3 Å². The third-order valence-electron chi connectivity index (χ3n) is 7.71. The summed E-state index contributed by atoms with van der Waals surface area (Å²) < 4.78 is 41.3. The zero-order valence-electron chi connectivity index (χ0n) is 17.9. The van der Waals surface area contributed by atoms with Crippen molar-refractivity contribution in [3.05, 3.63) is 58.1 Å². The summed E-state index contributed by atoms with van der Waals surface area (Å²) in [6, 6.07) is 7.44. The molecule has 0 unspecified atom stereocenters. The lowest BCUT2D eigenvalue weighted by atomic mass is 9.75. The highest BCUT2D eigenvalue weighted by atomic mass is 35.5. The molecule has 6 nitrogen and oxygen atoms in total. The number of amides is 3. The van der Waals surface area contributed by atoms with E-state index in [4.69, 9.17) is 11.6 Å². The van der Waals surface area contributed by atoms with Crippen molar-refractivity contribution in [2.75, 3.05) is 16.8 Å². The Labute approximate surface area is 197 Å². The first-order chi connectivity index (χ1) is 16.1. The molecule has 34 heavy (non-hydrogen) atoms. The molecule has 0 aromatic heterocycles. The fourth-order valence-electron chi connectivity index (χ4n) is 6.58. The molecule has 0 saturated carbocycles. The van der Waals surface area contributed by atoms with Gasteiger partial charge in [-0.25, -0.2) is 4.90 Å². The molecule has 3 amide bonds. The van der Waals surface area contributed by atoms with E-state index in [1.54, 1.807) is 19.1 Å². The van der Waals surface area contributed by atoms with E-state index in [1.165, 1.54) is 12.1 Å². The lowest BCUT2D eigenvalue weighted by molar-refractivity contribution is -0.138. The van der Waals surface area contributed by atoms with Gasteiger partial charge in [0.15, 0.2) is 0 Å². The Balaban J connectivity index is 1.58. The van der Waals surface area contributed by atoms with Crippen LogP contribution in [0.25, 0.3) is 0 Å². The fourth-order valence-corrected chi connectivity index (χ4v) is 6.85. The zero-order chi connectivity index (χ0) is 24.2. The fraction of sp³-hybridized carbons (Fsp3) is 0.375. The molecule has 176 valence electrons. The number of alkyl halides is 3. The summed E-state index contributed by atoms with van der Waals surface area (Å²) in [6.45, 7) is 2.28. The zero-order valence-corrected chi connectivity index (χ0v) is 18.7. The molecule has 4 heterocycles. The molecule has 1 N–H and O–H groups in total. The third-order valence-corrected chi connectivity index (χ3v) is 7.93. The van der Waals surface area contributed by atoms with E-state index >= 15 is 0 Å². The number of carbonyl (C=O) groups excluding carboxylic acids is 3. The van der Waals surface area contributed by atoms with Gasteiger partial charge in [-0.05, 0) is 56.1 Å². The maximum atomic E-state index is 13.9. The van der Waals surface area contributed by atoms with Crippen LogP contribution in [-0.4, -0.2) is 35.2 Å². The Morgan fingerprint density at radius 2 is 1.85 bits per heavy atom. The van der Waals surface area contributed by atoms with Gasteiger partial charge in [-0.1, -0.05) is 23.7 Å². The predicted octanol–water partition coefficient (Wildman–Crippen LogP) is 4.10. The number of hydrogen-bond donors (Lipinski definition) is 1. The number of rotatable bonds is 1. The number of carbonyl (C=O) groups is 3. The second-order valence-electron chi connectivity index (χ2n) is 9.30. The monoisotopic (exact) mass is 489 g/mol. The largest absolute Gasteiger partial charge is 0.418 e. The SMILES string of the molecule is Cc1cc(Cl)cc2c1NC(=O)[C@@]21[C@@H]2C(=O)N(c3ccccc3C(F)(F)F)C(=O)[C@H]2[C@@H]2CCCN21. The summed E-state index contributed by atoms with van der Waals surface area (Å²) in [5.41, 5.74) is -1.30. The van der Waals surface area contributed by atoms with E-state index in [1.807, 2.05) is 4.90 Å². The molecule has 2 aromatic rings. The Kier molecular flexibility index (Phi) is 4.34. The number of hydrogen-bond acceptors (Lipinski definition) is 4. The van der Waals surface area contributed by atoms with Gasteiger partial charge in [0.05, 0.1) is 23.1 Å². The Bertz CT molecular complexity index is 1300. The van der Waals surface area contributed by atoms with Gasteiger partial charge in [0.2, 0.25) is 17.7 Å². The van der Waals surface area contributed by atoms with Crippen molar-refractivity contribution in [3.63, 3.8) is 0 Å². The third kappa shape index (κ3) is 2.49. The minimum Gasteiger partial charge on any atom is -0.324 e. The molecule has 0 bridgehead atoms. The molecule has 4 aliphatic rings. The summed E-state index contributed by atoms with van der Waals surface area (Å²) in [5, 5.41) is 3.25. The summed E-state index contributed by atoms with van der Waals surface area (Å²) in [5.74, 6) is -4.00. The highest BCUT2D eigenvalue weighted by Crippen LogP contribution is 2.61. The normalized spacial score (nSPS) is 30.2. The number of anilines is 2. The van der Waals surface area contributed by atoms with E-state index in [-0.39, 0.29) is 0 Å². The van der Waals surface area contributed by atoms with Crippen LogP contribution < -0.4 is 10.2 Å². The molecule has 3 saturated heterocycles. The van der Waals surface area contributed by atoms with Crippen molar-refractivity contribution in [1.29, 1.82) is 0 Å². The van der Waals surface area contributed by atoms with Crippen LogP contribution in [0.15, 0.2) is 36.4 Å². The molecule has 10 heteroatoms. The first-order valence-electron chi connectivity index (χ1n) is 11.0. The molecule has 3 fully saturated rings. The number of para-hydroxylation sites is 1. The molecular weight excluding hydrogens is 471 g/mol. The first-order valence-corrected chi connectivity index (χ1v) is 11.4. The van der Waals surface area contributed by atoms with Gasteiger partial charge >= 0.3 is 6.18 Å². The molecule has 6 rings (SSSR count). The summed E-state index contributed by atoms with van der Waals surface area (Å²) >= 11 is 6.34. The topological polar surface area (TPSA) is 69.7 Å². The molecule has 4 atom stereocenters. The molecular formula is C24H19ClF3N3O3. The van der Waals surface area contributed by atoms with E-state index in [0.29, 0.717) is 46.1 Å². The highest BCUT2D eigenvalue weighted by molar-refractivity contribution is 6.31. The van der Waals surface area contributed by atoms with Gasteiger partial charge in [0.25, 0.3) is 0 Å². The second kappa shape index (κ2) is 6.82. The molecule has 4 aliphatic heterocycles. The van der Waals surface area contributed by atoms with E-state index in [0.717, 1.165) is 12.1 Å². The van der Waals surface area contributed by atoms with Crippen molar-refractivity contribution < 1.29 is 27.6 Å². The van der Waals surface area contributed by atoms with Crippen molar-refractivity contribution in [3.8, 4) is 0 Å². The number of nitrogens with zero attached hydrogens (tertiary/aromatic N) is 2. The summed E-state index contributed by atoms with van der Waals surface area (Å²) in [7, 11) is 0. The molecule has 0 aliphatic carbocycles. The Hall–Kier alpha value is -2.91. The van der Waals surface area contributed by atoms with Crippen LogP contribution in [0.2, 0.25) is 5.02 Å². The summed E-state index contributed by atoms with van der Waals surface area (Å²) in [6.07, 6.45) is -3.48. The smallest absolute Gasteiger partial charge is 0.324 e. The van der Waals surface area contributed by atoms with Gasteiger partial charge in [0.1, 0.15) is 5.54 Å². The molecule has 1 spiro atoms. The van der Waals surface area contributed by atoms with Crippen LogP contribution in [0.4, 0.5) is 24.5 Å². The van der Waals surface area contributed by atoms with Crippen LogP contribution in [0, 0.1) is 18.8 Å². The minimum atomic E-state index is -4.76. The van der Waals surface area contributed by atoms with E-state index in [2.05, 4.69) is 5.32 Å². The highest BCUT2D eigenvalue weighted by Gasteiger charge is 2.75. The number of aryl methyl sites for hydroxylation is 1. The van der Waals surface area contributed by atoms with Crippen molar-refractivity contribution in [2.45, 2.75) is 37.5 Å². The Morgan fingerprint density at radius 3 is 2.59 bits per heavy atom. The minimum absolute atomic E-state index is 0.377. The number of benzene rings is 2. The van der Waals surface area contributed by atoms with Crippen LogP contribution >= 0.6 is 11.6 Å². The molecule has 2 aromatic carbocycles.